The molecular weight excluding hydrogens is 294 g/mol. The quantitative estimate of drug-likeness (QED) is 0.525. The number of amidine groups is 1. The van der Waals surface area contributed by atoms with Crippen molar-refractivity contribution in [1.82, 2.24) is 0 Å². The van der Waals surface area contributed by atoms with Crippen molar-refractivity contribution >= 4 is 17.2 Å². The fourth-order valence-corrected chi connectivity index (χ4v) is 2.08. The Morgan fingerprint density at radius 3 is 1.87 bits per heavy atom. The summed E-state index contributed by atoms with van der Waals surface area (Å²) in [4.78, 5) is 4.53. The van der Waals surface area contributed by atoms with Gasteiger partial charge in [-0.1, -0.05) is 30.3 Å². The Morgan fingerprint density at radius 2 is 1.26 bits per heavy atom. The van der Waals surface area contributed by atoms with E-state index in [0.717, 1.165) is 11.3 Å². The maximum absolute atomic E-state index is 13.0. The molecule has 0 saturated carbocycles. The van der Waals surface area contributed by atoms with Crippen molar-refractivity contribution in [3.05, 3.63) is 96.1 Å². The molecular formula is C19H14F2N2. The predicted octanol–water partition coefficient (Wildman–Crippen LogP) is 5.16. The maximum Gasteiger partial charge on any atom is 0.138 e. The van der Waals surface area contributed by atoms with Crippen molar-refractivity contribution in [3.63, 3.8) is 0 Å². The minimum absolute atomic E-state index is 0.299. The van der Waals surface area contributed by atoms with Crippen molar-refractivity contribution in [3.8, 4) is 0 Å². The highest BCUT2D eigenvalue weighted by atomic mass is 19.1. The molecule has 4 heteroatoms. The monoisotopic (exact) mass is 308 g/mol. The zero-order chi connectivity index (χ0) is 16.1. The predicted molar refractivity (Wildman–Crippen MR) is 89.1 cm³/mol. The van der Waals surface area contributed by atoms with Crippen LogP contribution in [0.3, 0.4) is 0 Å². The first-order valence-corrected chi connectivity index (χ1v) is 7.13. The van der Waals surface area contributed by atoms with Gasteiger partial charge in [0, 0.05) is 11.3 Å². The number of hydrogen-bond donors (Lipinski definition) is 1. The van der Waals surface area contributed by atoms with Gasteiger partial charge in [0.1, 0.15) is 17.5 Å². The minimum Gasteiger partial charge on any atom is -0.340 e. The number of halogens is 2. The van der Waals surface area contributed by atoms with E-state index in [9.17, 15) is 8.78 Å². The fraction of sp³-hybridized carbons (Fsp3) is 0. The topological polar surface area (TPSA) is 24.4 Å². The van der Waals surface area contributed by atoms with Crippen LogP contribution in [0, 0.1) is 11.6 Å². The fourth-order valence-electron chi connectivity index (χ4n) is 2.08. The third-order valence-corrected chi connectivity index (χ3v) is 3.22. The van der Waals surface area contributed by atoms with Gasteiger partial charge in [0.2, 0.25) is 0 Å². The van der Waals surface area contributed by atoms with Crippen LogP contribution in [0.5, 0.6) is 0 Å². The van der Waals surface area contributed by atoms with Crippen molar-refractivity contribution in [2.24, 2.45) is 4.99 Å². The molecule has 0 saturated heterocycles. The SMILES string of the molecule is Fc1ccc(N=C(Nc2ccc(F)cc2)c2ccccc2)cc1. The summed E-state index contributed by atoms with van der Waals surface area (Å²) in [6.45, 7) is 0. The van der Waals surface area contributed by atoms with E-state index in [1.54, 1.807) is 24.3 Å². The van der Waals surface area contributed by atoms with E-state index < -0.39 is 0 Å². The molecule has 3 aromatic rings. The molecule has 0 radical (unpaired) electrons. The molecule has 0 bridgehead atoms. The molecule has 3 aromatic carbocycles. The molecule has 0 aliphatic carbocycles. The van der Waals surface area contributed by atoms with Gasteiger partial charge < -0.3 is 5.32 Å². The lowest BCUT2D eigenvalue weighted by molar-refractivity contribution is 0.627. The highest BCUT2D eigenvalue weighted by molar-refractivity contribution is 6.09. The molecule has 0 heterocycles. The van der Waals surface area contributed by atoms with Gasteiger partial charge in [-0.2, -0.15) is 0 Å². The molecule has 0 spiro atoms. The smallest absolute Gasteiger partial charge is 0.138 e. The first-order valence-electron chi connectivity index (χ1n) is 7.13. The van der Waals surface area contributed by atoms with E-state index >= 15 is 0 Å². The van der Waals surface area contributed by atoms with Gasteiger partial charge in [-0.05, 0) is 48.5 Å². The van der Waals surface area contributed by atoms with E-state index in [2.05, 4.69) is 10.3 Å². The van der Waals surface area contributed by atoms with Crippen LogP contribution in [-0.4, -0.2) is 5.84 Å². The minimum atomic E-state index is -0.309. The highest BCUT2D eigenvalue weighted by Crippen LogP contribution is 2.17. The number of rotatable bonds is 3. The number of nitrogens with zero attached hydrogens (tertiary/aromatic N) is 1. The molecule has 0 aromatic heterocycles. The van der Waals surface area contributed by atoms with Crippen molar-refractivity contribution in [2.45, 2.75) is 0 Å². The molecule has 2 nitrogen and oxygen atoms in total. The van der Waals surface area contributed by atoms with E-state index in [-0.39, 0.29) is 11.6 Å². The summed E-state index contributed by atoms with van der Waals surface area (Å²) in [5, 5.41) is 3.18. The molecule has 0 unspecified atom stereocenters. The third-order valence-electron chi connectivity index (χ3n) is 3.22. The Morgan fingerprint density at radius 1 is 0.696 bits per heavy atom. The summed E-state index contributed by atoms with van der Waals surface area (Å²) in [5.74, 6) is -0.00666. The molecule has 0 amide bonds. The Balaban J connectivity index is 1.96. The van der Waals surface area contributed by atoms with Crippen molar-refractivity contribution < 1.29 is 8.78 Å². The number of anilines is 1. The Bertz CT molecular complexity index is 795. The molecule has 114 valence electrons. The van der Waals surface area contributed by atoms with Crippen molar-refractivity contribution in [1.29, 1.82) is 0 Å². The van der Waals surface area contributed by atoms with E-state index in [0.29, 0.717) is 11.5 Å². The van der Waals surface area contributed by atoms with Crippen LogP contribution in [-0.2, 0) is 0 Å². The van der Waals surface area contributed by atoms with Gasteiger partial charge in [-0.15, -0.1) is 0 Å². The second kappa shape index (κ2) is 6.83. The molecule has 0 fully saturated rings. The summed E-state index contributed by atoms with van der Waals surface area (Å²) in [6.07, 6.45) is 0. The van der Waals surface area contributed by atoms with Gasteiger partial charge in [0.05, 0.1) is 5.69 Å². The van der Waals surface area contributed by atoms with E-state index in [4.69, 9.17) is 0 Å². The van der Waals surface area contributed by atoms with Crippen LogP contribution in [0.2, 0.25) is 0 Å². The number of hydrogen-bond acceptors (Lipinski definition) is 1. The average molecular weight is 308 g/mol. The van der Waals surface area contributed by atoms with E-state index in [1.807, 2.05) is 30.3 Å². The molecule has 3 rings (SSSR count). The first-order chi connectivity index (χ1) is 11.2. The van der Waals surface area contributed by atoms with Crippen LogP contribution in [0.25, 0.3) is 0 Å². The normalized spacial score (nSPS) is 11.3. The lowest BCUT2D eigenvalue weighted by Gasteiger charge is -2.10. The van der Waals surface area contributed by atoms with Gasteiger partial charge >= 0.3 is 0 Å². The second-order valence-electron chi connectivity index (χ2n) is 4.93. The van der Waals surface area contributed by atoms with E-state index in [1.165, 1.54) is 24.3 Å². The van der Waals surface area contributed by atoms with Crippen molar-refractivity contribution in [2.75, 3.05) is 5.32 Å². The zero-order valence-electron chi connectivity index (χ0n) is 12.2. The van der Waals surface area contributed by atoms with Gasteiger partial charge in [-0.3, -0.25) is 0 Å². The average Bonchev–Trinajstić information content (AvgIpc) is 2.59. The number of benzene rings is 3. The molecule has 23 heavy (non-hydrogen) atoms. The van der Waals surface area contributed by atoms with Crippen LogP contribution >= 0.6 is 0 Å². The summed E-state index contributed by atoms with van der Waals surface area (Å²) in [6, 6.07) is 21.5. The number of aliphatic imine (C=N–C) groups is 1. The standard InChI is InChI=1S/C19H14F2N2/c20-15-6-10-17(11-7-15)22-19(14-4-2-1-3-5-14)23-18-12-8-16(21)9-13-18/h1-13H,(H,22,23). The molecule has 1 N–H and O–H groups in total. The Hall–Kier alpha value is -3.01. The van der Waals surface area contributed by atoms with Crippen LogP contribution < -0.4 is 5.32 Å². The van der Waals surface area contributed by atoms with Crippen LogP contribution in [0.15, 0.2) is 83.9 Å². The lowest BCUT2D eigenvalue weighted by Crippen LogP contribution is -2.13. The highest BCUT2D eigenvalue weighted by Gasteiger charge is 2.05. The van der Waals surface area contributed by atoms with Gasteiger partial charge in [0.25, 0.3) is 0 Å². The molecule has 0 aliphatic rings. The van der Waals surface area contributed by atoms with Gasteiger partial charge in [0.15, 0.2) is 0 Å². The summed E-state index contributed by atoms with van der Waals surface area (Å²) < 4.78 is 26.1. The Labute approximate surface area is 133 Å². The third kappa shape index (κ3) is 4.01. The molecule has 0 aliphatic heterocycles. The summed E-state index contributed by atoms with van der Waals surface area (Å²) in [7, 11) is 0. The lowest BCUT2D eigenvalue weighted by atomic mass is 10.2. The summed E-state index contributed by atoms with van der Waals surface area (Å²) in [5.41, 5.74) is 2.22. The first kappa shape index (κ1) is 14.9. The zero-order valence-corrected chi connectivity index (χ0v) is 12.2. The summed E-state index contributed by atoms with van der Waals surface area (Å²) >= 11 is 0. The Kier molecular flexibility index (Phi) is 4.43. The second-order valence-corrected chi connectivity index (χ2v) is 4.93. The molecule has 0 atom stereocenters. The number of nitrogens with one attached hydrogen (secondary N) is 1. The van der Waals surface area contributed by atoms with Crippen LogP contribution in [0.1, 0.15) is 5.56 Å². The maximum atomic E-state index is 13.0. The van der Waals surface area contributed by atoms with Gasteiger partial charge in [-0.25, -0.2) is 13.8 Å². The van der Waals surface area contributed by atoms with Crippen LogP contribution in [0.4, 0.5) is 20.2 Å². The largest absolute Gasteiger partial charge is 0.340 e.